The van der Waals surface area contributed by atoms with E-state index in [1.165, 1.54) is 22.3 Å². The van der Waals surface area contributed by atoms with E-state index in [1.807, 2.05) is 0 Å². The van der Waals surface area contributed by atoms with E-state index in [0.29, 0.717) is 6.54 Å². The van der Waals surface area contributed by atoms with Crippen LogP contribution in [0.25, 0.3) is 0 Å². The van der Waals surface area contributed by atoms with E-state index in [1.54, 1.807) is 19.0 Å². The molecule has 1 aliphatic carbocycles. The number of nitrogens with zero attached hydrogens (tertiary/aromatic N) is 1. The first-order valence-electron chi connectivity index (χ1n) is 7.26. The predicted octanol–water partition coefficient (Wildman–Crippen LogP) is 2.36. The van der Waals surface area contributed by atoms with E-state index in [2.05, 4.69) is 53.8 Å². The Kier molecular flexibility index (Phi) is 3.76. The Balaban J connectivity index is 1.93. The van der Waals surface area contributed by atoms with Gasteiger partial charge in [0.25, 0.3) is 0 Å². The summed E-state index contributed by atoms with van der Waals surface area (Å²) in [5.74, 6) is 0.0931. The molecule has 21 heavy (non-hydrogen) atoms. The summed E-state index contributed by atoms with van der Waals surface area (Å²) < 4.78 is 0. The second-order valence-corrected chi connectivity index (χ2v) is 5.68. The van der Waals surface area contributed by atoms with Gasteiger partial charge in [0.2, 0.25) is 5.91 Å². The van der Waals surface area contributed by atoms with Gasteiger partial charge in [-0.15, -0.1) is 0 Å². The fourth-order valence-electron chi connectivity index (χ4n) is 2.89. The molecule has 0 fully saturated rings. The topological polar surface area (TPSA) is 32.3 Å². The highest BCUT2D eigenvalue weighted by Crippen LogP contribution is 2.34. The van der Waals surface area contributed by atoms with Crippen molar-refractivity contribution in [3.05, 3.63) is 70.8 Å². The quantitative estimate of drug-likeness (QED) is 0.936. The molecule has 0 radical (unpaired) electrons. The number of rotatable bonds is 3. The molecule has 0 spiro atoms. The van der Waals surface area contributed by atoms with Crippen LogP contribution in [0.2, 0.25) is 0 Å². The van der Waals surface area contributed by atoms with Crippen molar-refractivity contribution in [3.8, 4) is 0 Å². The molecule has 0 heterocycles. The number of carbonyl (C=O) groups excluding carboxylic acids is 1. The van der Waals surface area contributed by atoms with Gasteiger partial charge in [-0.2, -0.15) is 0 Å². The second kappa shape index (κ2) is 5.70. The molecule has 0 saturated heterocycles. The van der Waals surface area contributed by atoms with Crippen molar-refractivity contribution in [2.24, 2.45) is 0 Å². The van der Waals surface area contributed by atoms with E-state index in [9.17, 15) is 4.79 Å². The van der Waals surface area contributed by atoms with Gasteiger partial charge in [-0.05, 0) is 28.7 Å². The first-order valence-corrected chi connectivity index (χ1v) is 7.26. The van der Waals surface area contributed by atoms with Gasteiger partial charge in [-0.1, -0.05) is 48.5 Å². The average Bonchev–Trinajstić information content (AvgIpc) is 2.51. The molecular formula is C18H20N2O. The number of hydrogen-bond acceptors (Lipinski definition) is 2. The SMILES string of the molecule is CN(C)C(=O)CNC1c2ccccc2Cc2ccccc21. The zero-order chi connectivity index (χ0) is 14.8. The normalized spacial score (nSPS) is 13.4. The van der Waals surface area contributed by atoms with Gasteiger partial charge in [0.15, 0.2) is 0 Å². The minimum Gasteiger partial charge on any atom is -0.348 e. The van der Waals surface area contributed by atoms with Crippen molar-refractivity contribution >= 4 is 5.91 Å². The molecule has 3 heteroatoms. The molecule has 108 valence electrons. The molecular weight excluding hydrogens is 260 g/mol. The lowest BCUT2D eigenvalue weighted by atomic mass is 9.82. The zero-order valence-electron chi connectivity index (χ0n) is 12.5. The number of benzene rings is 2. The molecule has 1 amide bonds. The Bertz CT molecular complexity index is 618. The van der Waals surface area contributed by atoms with Crippen LogP contribution in [0.4, 0.5) is 0 Å². The van der Waals surface area contributed by atoms with Gasteiger partial charge in [-0.25, -0.2) is 0 Å². The maximum Gasteiger partial charge on any atom is 0.236 e. The molecule has 0 aromatic heterocycles. The minimum absolute atomic E-state index is 0.0926. The number of carbonyl (C=O) groups is 1. The highest BCUT2D eigenvalue weighted by molar-refractivity contribution is 5.77. The molecule has 0 saturated carbocycles. The highest BCUT2D eigenvalue weighted by atomic mass is 16.2. The molecule has 0 unspecified atom stereocenters. The Labute approximate surface area is 125 Å². The zero-order valence-corrected chi connectivity index (χ0v) is 12.5. The number of nitrogens with one attached hydrogen (secondary N) is 1. The summed E-state index contributed by atoms with van der Waals surface area (Å²) in [6.07, 6.45) is 0.964. The highest BCUT2D eigenvalue weighted by Gasteiger charge is 2.25. The molecule has 0 atom stereocenters. The molecule has 3 rings (SSSR count). The second-order valence-electron chi connectivity index (χ2n) is 5.68. The number of hydrogen-bond donors (Lipinski definition) is 1. The van der Waals surface area contributed by atoms with Crippen LogP contribution in [0.15, 0.2) is 48.5 Å². The van der Waals surface area contributed by atoms with Gasteiger partial charge in [0.1, 0.15) is 0 Å². The van der Waals surface area contributed by atoms with Crippen LogP contribution >= 0.6 is 0 Å². The van der Waals surface area contributed by atoms with Crippen LogP contribution in [0.5, 0.6) is 0 Å². The predicted molar refractivity (Wildman–Crippen MR) is 84.2 cm³/mol. The standard InChI is InChI=1S/C18H20N2O/c1-20(2)17(21)12-19-18-15-9-5-3-7-13(15)11-14-8-4-6-10-16(14)18/h3-10,18-19H,11-12H2,1-2H3. The molecule has 1 N–H and O–H groups in total. The van der Waals surface area contributed by atoms with E-state index >= 15 is 0 Å². The van der Waals surface area contributed by atoms with Crippen LogP contribution in [0, 0.1) is 0 Å². The third-order valence-corrected chi connectivity index (χ3v) is 4.07. The number of likely N-dealkylation sites (N-methyl/N-ethyl adjacent to an activating group) is 1. The summed E-state index contributed by atoms with van der Waals surface area (Å²) in [7, 11) is 3.57. The van der Waals surface area contributed by atoms with Crippen LogP contribution in [0.3, 0.4) is 0 Å². The Morgan fingerprint density at radius 1 is 1.05 bits per heavy atom. The maximum absolute atomic E-state index is 11.9. The fourth-order valence-corrected chi connectivity index (χ4v) is 2.89. The lowest BCUT2D eigenvalue weighted by Crippen LogP contribution is -2.36. The summed E-state index contributed by atoms with van der Waals surface area (Å²) in [5.41, 5.74) is 5.24. The van der Waals surface area contributed by atoms with Crippen LogP contribution in [0.1, 0.15) is 28.3 Å². The molecule has 1 aliphatic rings. The van der Waals surface area contributed by atoms with Crippen molar-refractivity contribution in [3.63, 3.8) is 0 Å². The first kappa shape index (κ1) is 13.8. The maximum atomic E-state index is 11.9. The van der Waals surface area contributed by atoms with Crippen molar-refractivity contribution in [2.45, 2.75) is 12.5 Å². The van der Waals surface area contributed by atoms with Crippen molar-refractivity contribution in [2.75, 3.05) is 20.6 Å². The van der Waals surface area contributed by atoms with Gasteiger partial charge in [0.05, 0.1) is 12.6 Å². The summed E-state index contributed by atoms with van der Waals surface area (Å²) in [6.45, 7) is 0.348. The van der Waals surface area contributed by atoms with Gasteiger partial charge < -0.3 is 4.90 Å². The summed E-state index contributed by atoms with van der Waals surface area (Å²) in [4.78, 5) is 13.5. The summed E-state index contributed by atoms with van der Waals surface area (Å²) in [5, 5.41) is 3.42. The summed E-state index contributed by atoms with van der Waals surface area (Å²) in [6, 6.07) is 17.0. The molecule has 0 aliphatic heterocycles. The van der Waals surface area contributed by atoms with E-state index in [-0.39, 0.29) is 11.9 Å². The van der Waals surface area contributed by atoms with Gasteiger partial charge in [-0.3, -0.25) is 10.1 Å². The van der Waals surface area contributed by atoms with Crippen molar-refractivity contribution in [1.29, 1.82) is 0 Å². The van der Waals surface area contributed by atoms with Crippen LogP contribution in [-0.2, 0) is 11.2 Å². The van der Waals surface area contributed by atoms with Crippen LogP contribution < -0.4 is 5.32 Å². The average molecular weight is 280 g/mol. The van der Waals surface area contributed by atoms with E-state index in [0.717, 1.165) is 6.42 Å². The van der Waals surface area contributed by atoms with Crippen molar-refractivity contribution in [1.82, 2.24) is 10.2 Å². The smallest absolute Gasteiger partial charge is 0.236 e. The number of amides is 1. The monoisotopic (exact) mass is 280 g/mol. The molecule has 2 aromatic rings. The summed E-state index contributed by atoms with van der Waals surface area (Å²) >= 11 is 0. The largest absolute Gasteiger partial charge is 0.348 e. The minimum atomic E-state index is 0.0926. The molecule has 2 aromatic carbocycles. The lowest BCUT2D eigenvalue weighted by molar-refractivity contribution is -0.127. The Hall–Kier alpha value is -2.13. The van der Waals surface area contributed by atoms with E-state index in [4.69, 9.17) is 0 Å². The Morgan fingerprint density at radius 2 is 1.57 bits per heavy atom. The first-order chi connectivity index (χ1) is 10.2. The third kappa shape index (κ3) is 2.69. The van der Waals surface area contributed by atoms with Crippen LogP contribution in [-0.4, -0.2) is 31.4 Å². The van der Waals surface area contributed by atoms with Crippen molar-refractivity contribution < 1.29 is 4.79 Å². The number of fused-ring (bicyclic) bond motifs is 2. The Morgan fingerprint density at radius 3 is 2.10 bits per heavy atom. The van der Waals surface area contributed by atoms with Gasteiger partial charge >= 0.3 is 0 Å². The van der Waals surface area contributed by atoms with E-state index < -0.39 is 0 Å². The fraction of sp³-hybridized carbons (Fsp3) is 0.278. The molecule has 3 nitrogen and oxygen atoms in total. The third-order valence-electron chi connectivity index (χ3n) is 4.07. The molecule has 0 bridgehead atoms. The lowest BCUT2D eigenvalue weighted by Gasteiger charge is -2.29. The van der Waals surface area contributed by atoms with Gasteiger partial charge in [0, 0.05) is 14.1 Å².